The molecule has 1 amide bonds. The molecule has 98 valence electrons. The Morgan fingerprint density at radius 1 is 1.53 bits per heavy atom. The Bertz CT molecular complexity index is 287. The second-order valence-electron chi connectivity index (χ2n) is 5.72. The number of piperidine rings is 1. The van der Waals surface area contributed by atoms with Crippen LogP contribution >= 0.6 is 0 Å². The summed E-state index contributed by atoms with van der Waals surface area (Å²) in [5.41, 5.74) is -0.609. The molecule has 0 saturated carbocycles. The van der Waals surface area contributed by atoms with Gasteiger partial charge >= 0.3 is 0 Å². The molecule has 0 radical (unpaired) electrons. The highest BCUT2D eigenvalue weighted by Gasteiger charge is 2.45. The summed E-state index contributed by atoms with van der Waals surface area (Å²) in [4.78, 5) is 14.0. The van der Waals surface area contributed by atoms with Gasteiger partial charge in [0, 0.05) is 0 Å². The van der Waals surface area contributed by atoms with E-state index in [4.69, 9.17) is 0 Å². The van der Waals surface area contributed by atoms with Crippen LogP contribution in [0, 0.1) is 5.92 Å². The normalized spacial score (nSPS) is 32.1. The number of hydrogen-bond donors (Lipinski definition) is 2. The van der Waals surface area contributed by atoms with Crippen LogP contribution in [0.2, 0.25) is 0 Å². The van der Waals surface area contributed by atoms with E-state index in [1.807, 2.05) is 0 Å². The molecule has 0 spiro atoms. The number of carbonyl (C=O) groups is 1. The molecule has 2 fully saturated rings. The maximum atomic E-state index is 12.2. The van der Waals surface area contributed by atoms with Crippen molar-refractivity contribution in [3.63, 3.8) is 0 Å². The molecule has 2 heterocycles. The van der Waals surface area contributed by atoms with Crippen molar-refractivity contribution >= 4 is 5.91 Å². The van der Waals surface area contributed by atoms with Gasteiger partial charge in [-0.1, -0.05) is 20.3 Å². The second kappa shape index (κ2) is 4.94. The second-order valence-corrected chi connectivity index (χ2v) is 5.72. The lowest BCUT2D eigenvalue weighted by atomic mass is 9.86. The average molecular weight is 240 g/mol. The molecule has 17 heavy (non-hydrogen) atoms. The Morgan fingerprint density at radius 2 is 2.24 bits per heavy atom. The molecular weight excluding hydrogens is 216 g/mol. The summed E-state index contributed by atoms with van der Waals surface area (Å²) in [5, 5.41) is 13.4. The van der Waals surface area contributed by atoms with Crippen LogP contribution in [-0.4, -0.2) is 47.2 Å². The molecule has 2 unspecified atom stereocenters. The SMILES string of the molecule is CCCC1(O)CN(C(=O)C2NCCCC2C)C1. The zero-order valence-electron chi connectivity index (χ0n) is 10.9. The van der Waals surface area contributed by atoms with Crippen molar-refractivity contribution in [1.82, 2.24) is 10.2 Å². The summed E-state index contributed by atoms with van der Waals surface area (Å²) in [6, 6.07) is -0.0325. The first kappa shape index (κ1) is 12.8. The highest BCUT2D eigenvalue weighted by molar-refractivity contribution is 5.83. The van der Waals surface area contributed by atoms with Gasteiger partial charge in [0.05, 0.1) is 24.7 Å². The van der Waals surface area contributed by atoms with Crippen molar-refractivity contribution in [2.24, 2.45) is 5.92 Å². The van der Waals surface area contributed by atoms with Gasteiger partial charge in [0.1, 0.15) is 0 Å². The molecule has 2 atom stereocenters. The van der Waals surface area contributed by atoms with Gasteiger partial charge in [-0.25, -0.2) is 0 Å². The molecular formula is C13H24N2O2. The lowest BCUT2D eigenvalue weighted by Crippen LogP contribution is -2.67. The van der Waals surface area contributed by atoms with Gasteiger partial charge in [0.2, 0.25) is 5.91 Å². The number of rotatable bonds is 3. The molecule has 0 aliphatic carbocycles. The topological polar surface area (TPSA) is 52.6 Å². The van der Waals surface area contributed by atoms with Crippen LogP contribution < -0.4 is 5.32 Å². The third-order valence-corrected chi connectivity index (χ3v) is 4.03. The number of amides is 1. The minimum Gasteiger partial charge on any atom is -0.386 e. The van der Waals surface area contributed by atoms with E-state index in [0.29, 0.717) is 19.0 Å². The highest BCUT2D eigenvalue weighted by atomic mass is 16.3. The molecule has 0 aromatic heterocycles. The van der Waals surface area contributed by atoms with Crippen LogP contribution in [0.4, 0.5) is 0 Å². The zero-order chi connectivity index (χ0) is 12.5. The number of nitrogens with one attached hydrogen (secondary N) is 1. The number of likely N-dealkylation sites (tertiary alicyclic amines) is 1. The van der Waals surface area contributed by atoms with Crippen molar-refractivity contribution in [3.8, 4) is 0 Å². The minimum atomic E-state index is -0.609. The molecule has 2 aliphatic rings. The van der Waals surface area contributed by atoms with Crippen molar-refractivity contribution in [1.29, 1.82) is 0 Å². The number of β-amino-alcohol motifs (C(OH)–C–C–N with tert-alkyl or cyclic N) is 1. The van der Waals surface area contributed by atoms with Gasteiger partial charge in [-0.3, -0.25) is 4.79 Å². The quantitative estimate of drug-likeness (QED) is 0.765. The predicted molar refractivity (Wildman–Crippen MR) is 66.6 cm³/mol. The lowest BCUT2D eigenvalue weighted by Gasteiger charge is -2.48. The minimum absolute atomic E-state index is 0.0325. The van der Waals surface area contributed by atoms with Crippen LogP contribution in [-0.2, 0) is 4.79 Å². The molecule has 0 aromatic rings. The predicted octanol–water partition coefficient (Wildman–Crippen LogP) is 0.748. The Hall–Kier alpha value is -0.610. The van der Waals surface area contributed by atoms with E-state index in [2.05, 4.69) is 19.2 Å². The van der Waals surface area contributed by atoms with Gasteiger partial charge in [-0.15, -0.1) is 0 Å². The van der Waals surface area contributed by atoms with E-state index in [-0.39, 0.29) is 11.9 Å². The molecule has 2 aliphatic heterocycles. The lowest BCUT2D eigenvalue weighted by molar-refractivity contribution is -0.160. The molecule has 2 N–H and O–H groups in total. The van der Waals surface area contributed by atoms with Crippen molar-refractivity contribution < 1.29 is 9.90 Å². The van der Waals surface area contributed by atoms with Crippen LogP contribution in [0.3, 0.4) is 0 Å². The number of aliphatic hydroxyl groups is 1. The fourth-order valence-corrected chi connectivity index (χ4v) is 3.02. The van der Waals surface area contributed by atoms with Gasteiger partial charge in [-0.05, 0) is 31.7 Å². The van der Waals surface area contributed by atoms with Crippen LogP contribution in [0.25, 0.3) is 0 Å². The van der Waals surface area contributed by atoms with Crippen LogP contribution in [0.15, 0.2) is 0 Å². The standard InChI is InChI=1S/C13H24N2O2/c1-3-6-13(17)8-15(9-13)12(16)11-10(2)5-4-7-14-11/h10-11,14,17H,3-9H2,1-2H3. The summed E-state index contributed by atoms with van der Waals surface area (Å²) >= 11 is 0. The van der Waals surface area contributed by atoms with Gasteiger partial charge in [-0.2, -0.15) is 0 Å². The first-order valence-corrected chi connectivity index (χ1v) is 6.80. The highest BCUT2D eigenvalue weighted by Crippen LogP contribution is 2.28. The Kier molecular flexibility index (Phi) is 3.73. The smallest absolute Gasteiger partial charge is 0.240 e. The van der Waals surface area contributed by atoms with Crippen molar-refractivity contribution in [3.05, 3.63) is 0 Å². The largest absolute Gasteiger partial charge is 0.386 e. The number of nitrogens with zero attached hydrogens (tertiary/aromatic N) is 1. The Balaban J connectivity index is 1.86. The first-order valence-electron chi connectivity index (χ1n) is 6.80. The van der Waals surface area contributed by atoms with E-state index in [1.54, 1.807) is 4.90 Å². The molecule has 2 saturated heterocycles. The zero-order valence-corrected chi connectivity index (χ0v) is 10.9. The first-order chi connectivity index (χ1) is 8.06. The molecule has 4 heteroatoms. The summed E-state index contributed by atoms with van der Waals surface area (Å²) in [5.74, 6) is 0.592. The van der Waals surface area contributed by atoms with E-state index < -0.39 is 5.60 Å². The molecule has 4 nitrogen and oxygen atoms in total. The molecule has 0 bridgehead atoms. The Morgan fingerprint density at radius 3 is 2.82 bits per heavy atom. The van der Waals surface area contributed by atoms with Crippen LogP contribution in [0.1, 0.15) is 39.5 Å². The number of carbonyl (C=O) groups excluding carboxylic acids is 1. The maximum absolute atomic E-state index is 12.2. The van der Waals surface area contributed by atoms with Gasteiger partial charge < -0.3 is 15.3 Å². The van der Waals surface area contributed by atoms with E-state index in [9.17, 15) is 9.90 Å². The monoisotopic (exact) mass is 240 g/mol. The summed E-state index contributed by atoms with van der Waals surface area (Å²) < 4.78 is 0. The third-order valence-electron chi connectivity index (χ3n) is 4.03. The summed E-state index contributed by atoms with van der Waals surface area (Å²) in [6.07, 6.45) is 4.04. The van der Waals surface area contributed by atoms with E-state index in [0.717, 1.165) is 32.2 Å². The Labute approximate surface area is 103 Å². The van der Waals surface area contributed by atoms with Crippen molar-refractivity contribution in [2.45, 2.75) is 51.2 Å². The summed E-state index contributed by atoms with van der Waals surface area (Å²) in [6.45, 7) is 6.17. The summed E-state index contributed by atoms with van der Waals surface area (Å²) in [7, 11) is 0. The van der Waals surface area contributed by atoms with E-state index >= 15 is 0 Å². The van der Waals surface area contributed by atoms with Gasteiger partial charge in [0.15, 0.2) is 0 Å². The van der Waals surface area contributed by atoms with E-state index in [1.165, 1.54) is 0 Å². The fourth-order valence-electron chi connectivity index (χ4n) is 3.02. The van der Waals surface area contributed by atoms with Crippen LogP contribution in [0.5, 0.6) is 0 Å². The van der Waals surface area contributed by atoms with Gasteiger partial charge in [0.25, 0.3) is 0 Å². The average Bonchev–Trinajstić information content (AvgIpc) is 2.26. The molecule has 2 rings (SSSR count). The molecule has 0 aromatic carbocycles. The third kappa shape index (κ3) is 2.63. The number of hydrogen-bond acceptors (Lipinski definition) is 3. The van der Waals surface area contributed by atoms with Crippen molar-refractivity contribution in [2.75, 3.05) is 19.6 Å². The maximum Gasteiger partial charge on any atom is 0.240 e. The fraction of sp³-hybridized carbons (Fsp3) is 0.923.